The highest BCUT2D eigenvalue weighted by atomic mass is 32.2. The third kappa shape index (κ3) is 5.19. The molecular formula is C19H22N4OS2. The third-order valence-electron chi connectivity index (χ3n) is 3.95. The van der Waals surface area contributed by atoms with E-state index in [0.717, 1.165) is 23.8 Å². The number of hydrogen-bond acceptors (Lipinski definition) is 5. The SMILES string of the molecule is CC(C)c1ccc(NC(=O)CSc2nncn2CCc2cccs2)cc1. The fraction of sp³-hybridized carbons (Fsp3) is 0.316. The van der Waals surface area contributed by atoms with Gasteiger partial charge in [-0.2, -0.15) is 0 Å². The van der Waals surface area contributed by atoms with Crippen LogP contribution in [-0.4, -0.2) is 26.4 Å². The highest BCUT2D eigenvalue weighted by Gasteiger charge is 2.10. The number of rotatable bonds is 8. The first kappa shape index (κ1) is 18.7. The van der Waals surface area contributed by atoms with Gasteiger partial charge in [-0.25, -0.2) is 0 Å². The van der Waals surface area contributed by atoms with Gasteiger partial charge in [0, 0.05) is 17.1 Å². The first-order valence-corrected chi connectivity index (χ1v) is 10.4. The van der Waals surface area contributed by atoms with E-state index in [-0.39, 0.29) is 5.91 Å². The second-order valence-electron chi connectivity index (χ2n) is 6.25. The van der Waals surface area contributed by atoms with Gasteiger partial charge in [-0.15, -0.1) is 21.5 Å². The second-order valence-corrected chi connectivity index (χ2v) is 8.22. The van der Waals surface area contributed by atoms with Crippen molar-refractivity contribution in [2.24, 2.45) is 0 Å². The number of nitrogens with one attached hydrogen (secondary N) is 1. The smallest absolute Gasteiger partial charge is 0.234 e. The Morgan fingerprint density at radius 1 is 1.27 bits per heavy atom. The highest BCUT2D eigenvalue weighted by molar-refractivity contribution is 7.99. The number of thiophene rings is 1. The first-order chi connectivity index (χ1) is 12.6. The van der Waals surface area contributed by atoms with Crippen molar-refractivity contribution in [3.63, 3.8) is 0 Å². The van der Waals surface area contributed by atoms with Gasteiger partial charge in [0.05, 0.1) is 5.75 Å². The predicted octanol–water partition coefficient (Wildman–Crippen LogP) is 4.44. The number of thioether (sulfide) groups is 1. The molecular weight excluding hydrogens is 364 g/mol. The van der Waals surface area contributed by atoms with Gasteiger partial charge in [-0.1, -0.05) is 43.8 Å². The van der Waals surface area contributed by atoms with E-state index in [1.165, 1.54) is 22.2 Å². The van der Waals surface area contributed by atoms with Crippen LogP contribution in [0.4, 0.5) is 5.69 Å². The third-order valence-corrected chi connectivity index (χ3v) is 5.87. The summed E-state index contributed by atoms with van der Waals surface area (Å²) in [5, 5.41) is 13.9. The van der Waals surface area contributed by atoms with Crippen molar-refractivity contribution in [1.82, 2.24) is 14.8 Å². The molecule has 7 heteroatoms. The van der Waals surface area contributed by atoms with E-state index in [1.54, 1.807) is 17.7 Å². The molecule has 0 aliphatic heterocycles. The van der Waals surface area contributed by atoms with E-state index in [1.807, 2.05) is 16.7 Å². The Balaban J connectivity index is 1.49. The van der Waals surface area contributed by atoms with Crippen LogP contribution in [0.3, 0.4) is 0 Å². The van der Waals surface area contributed by atoms with Crippen molar-refractivity contribution in [3.8, 4) is 0 Å². The van der Waals surface area contributed by atoms with Gasteiger partial charge in [0.25, 0.3) is 0 Å². The van der Waals surface area contributed by atoms with Crippen LogP contribution in [0.1, 0.15) is 30.2 Å². The van der Waals surface area contributed by atoms with Gasteiger partial charge in [-0.3, -0.25) is 4.79 Å². The van der Waals surface area contributed by atoms with Gasteiger partial charge in [-0.05, 0) is 41.5 Å². The normalized spacial score (nSPS) is 11.0. The van der Waals surface area contributed by atoms with Crippen molar-refractivity contribution in [1.29, 1.82) is 0 Å². The van der Waals surface area contributed by atoms with E-state index in [0.29, 0.717) is 11.7 Å². The van der Waals surface area contributed by atoms with E-state index < -0.39 is 0 Å². The molecule has 0 atom stereocenters. The summed E-state index contributed by atoms with van der Waals surface area (Å²) in [5.41, 5.74) is 2.08. The standard InChI is InChI=1S/C19H22N4OS2/c1-14(2)15-5-7-16(8-6-15)21-18(24)12-26-19-22-20-13-23(19)10-9-17-4-3-11-25-17/h3-8,11,13-14H,9-10,12H2,1-2H3,(H,21,24). The maximum atomic E-state index is 12.2. The first-order valence-electron chi connectivity index (χ1n) is 8.54. The summed E-state index contributed by atoms with van der Waals surface area (Å²) in [6.45, 7) is 5.12. The minimum absolute atomic E-state index is 0.0416. The lowest BCUT2D eigenvalue weighted by molar-refractivity contribution is -0.113. The summed E-state index contributed by atoms with van der Waals surface area (Å²) in [7, 11) is 0. The van der Waals surface area contributed by atoms with Crippen LogP contribution in [0.2, 0.25) is 0 Å². The largest absolute Gasteiger partial charge is 0.325 e. The molecule has 3 rings (SSSR count). The maximum Gasteiger partial charge on any atom is 0.234 e. The Hall–Kier alpha value is -2.12. The quantitative estimate of drug-likeness (QED) is 0.582. The molecule has 0 aliphatic carbocycles. The van der Waals surface area contributed by atoms with Crippen molar-refractivity contribution in [3.05, 3.63) is 58.5 Å². The lowest BCUT2D eigenvalue weighted by atomic mass is 10.0. The molecule has 1 amide bonds. The van der Waals surface area contributed by atoms with Crippen molar-refractivity contribution >= 4 is 34.7 Å². The summed E-state index contributed by atoms with van der Waals surface area (Å²) in [5.74, 6) is 0.750. The zero-order valence-corrected chi connectivity index (χ0v) is 16.5. The molecule has 2 heterocycles. The molecule has 5 nitrogen and oxygen atoms in total. The van der Waals surface area contributed by atoms with Crippen LogP contribution in [-0.2, 0) is 17.8 Å². The average molecular weight is 387 g/mol. The summed E-state index contributed by atoms with van der Waals surface area (Å²) < 4.78 is 2.00. The lowest BCUT2D eigenvalue weighted by Gasteiger charge is -2.09. The van der Waals surface area contributed by atoms with Crippen LogP contribution in [0, 0.1) is 0 Å². The summed E-state index contributed by atoms with van der Waals surface area (Å²) in [6, 6.07) is 12.2. The minimum Gasteiger partial charge on any atom is -0.325 e. The molecule has 0 fully saturated rings. The van der Waals surface area contributed by atoms with Crippen LogP contribution in [0.25, 0.3) is 0 Å². The molecule has 26 heavy (non-hydrogen) atoms. The Morgan fingerprint density at radius 3 is 2.77 bits per heavy atom. The number of carbonyl (C=O) groups excluding carboxylic acids is 1. The van der Waals surface area contributed by atoms with Crippen LogP contribution >= 0.6 is 23.1 Å². The number of aryl methyl sites for hydroxylation is 2. The Kier molecular flexibility index (Phi) is 6.46. The molecule has 3 aromatic rings. The summed E-state index contributed by atoms with van der Waals surface area (Å²) in [4.78, 5) is 13.5. The molecule has 2 aromatic heterocycles. The molecule has 0 bridgehead atoms. The maximum absolute atomic E-state index is 12.2. The molecule has 1 aromatic carbocycles. The number of aromatic nitrogens is 3. The average Bonchev–Trinajstić information content (AvgIpc) is 3.30. The molecule has 0 aliphatic rings. The van der Waals surface area contributed by atoms with Crippen molar-refractivity contribution in [2.75, 3.05) is 11.1 Å². The number of carbonyl (C=O) groups is 1. The van der Waals surface area contributed by atoms with Crippen LogP contribution in [0.15, 0.2) is 53.3 Å². The van der Waals surface area contributed by atoms with E-state index in [4.69, 9.17) is 0 Å². The number of hydrogen-bond donors (Lipinski definition) is 1. The lowest BCUT2D eigenvalue weighted by Crippen LogP contribution is -2.14. The highest BCUT2D eigenvalue weighted by Crippen LogP contribution is 2.19. The molecule has 0 radical (unpaired) electrons. The predicted molar refractivity (Wildman–Crippen MR) is 108 cm³/mol. The van der Waals surface area contributed by atoms with Crippen molar-refractivity contribution < 1.29 is 4.79 Å². The molecule has 136 valence electrons. The number of nitrogens with zero attached hydrogens (tertiary/aromatic N) is 3. The van der Waals surface area contributed by atoms with E-state index in [9.17, 15) is 4.79 Å². The second kappa shape index (κ2) is 9.00. The van der Waals surface area contributed by atoms with Gasteiger partial charge in [0.15, 0.2) is 5.16 Å². The van der Waals surface area contributed by atoms with Gasteiger partial charge in [0.2, 0.25) is 5.91 Å². The van der Waals surface area contributed by atoms with Gasteiger partial charge < -0.3 is 9.88 Å². The van der Waals surface area contributed by atoms with E-state index in [2.05, 4.69) is 59.0 Å². The monoisotopic (exact) mass is 386 g/mol. The fourth-order valence-corrected chi connectivity index (χ4v) is 3.91. The van der Waals surface area contributed by atoms with Crippen LogP contribution < -0.4 is 5.32 Å². The van der Waals surface area contributed by atoms with Gasteiger partial charge >= 0.3 is 0 Å². The molecule has 0 saturated carbocycles. The Labute approximate surface area is 161 Å². The topological polar surface area (TPSA) is 59.8 Å². The van der Waals surface area contributed by atoms with E-state index >= 15 is 0 Å². The number of amides is 1. The van der Waals surface area contributed by atoms with Gasteiger partial charge in [0.1, 0.15) is 6.33 Å². The summed E-state index contributed by atoms with van der Waals surface area (Å²) in [6.07, 6.45) is 2.66. The number of benzene rings is 1. The molecule has 1 N–H and O–H groups in total. The van der Waals surface area contributed by atoms with Crippen molar-refractivity contribution in [2.45, 2.75) is 37.9 Å². The zero-order chi connectivity index (χ0) is 18.4. The Morgan fingerprint density at radius 2 is 2.08 bits per heavy atom. The zero-order valence-electron chi connectivity index (χ0n) is 14.9. The van der Waals surface area contributed by atoms with Crippen LogP contribution in [0.5, 0.6) is 0 Å². The Bertz CT molecular complexity index is 826. The fourth-order valence-electron chi connectivity index (χ4n) is 2.47. The molecule has 0 unspecified atom stereocenters. The minimum atomic E-state index is -0.0416. The molecule has 0 spiro atoms. The molecule has 0 saturated heterocycles. The summed E-state index contributed by atoms with van der Waals surface area (Å²) >= 11 is 3.15. The number of anilines is 1.